The van der Waals surface area contributed by atoms with E-state index in [4.69, 9.17) is 4.74 Å². The van der Waals surface area contributed by atoms with Crippen LogP contribution in [0, 0.1) is 11.6 Å². The number of hydrogen-bond donors (Lipinski definition) is 1. The fourth-order valence-electron chi connectivity index (χ4n) is 3.42. The zero-order valence-electron chi connectivity index (χ0n) is 15.1. The third-order valence-corrected chi connectivity index (χ3v) is 4.83. The lowest BCUT2D eigenvalue weighted by atomic mass is 9.94. The van der Waals surface area contributed by atoms with Gasteiger partial charge in [0.1, 0.15) is 17.4 Å². The zero-order valence-corrected chi connectivity index (χ0v) is 15.1. The van der Waals surface area contributed by atoms with Crippen molar-refractivity contribution in [2.75, 3.05) is 13.1 Å². The first-order valence-electron chi connectivity index (χ1n) is 9.12. The monoisotopic (exact) mass is 383 g/mol. The normalized spacial score (nSPS) is 16.8. The Balaban J connectivity index is 1.44. The first kappa shape index (κ1) is 18.2. The topological polar surface area (TPSA) is 58.2 Å². The van der Waals surface area contributed by atoms with Gasteiger partial charge in [-0.15, -0.1) is 5.10 Å². The van der Waals surface area contributed by atoms with Gasteiger partial charge in [0.05, 0.1) is 0 Å². The van der Waals surface area contributed by atoms with Crippen LogP contribution in [0.1, 0.15) is 34.8 Å². The molecule has 0 bridgehead atoms. The van der Waals surface area contributed by atoms with E-state index < -0.39 is 0 Å². The van der Waals surface area contributed by atoms with E-state index in [0.29, 0.717) is 30.3 Å². The predicted octanol–water partition coefficient (Wildman–Crippen LogP) is 4.50. The molecule has 4 rings (SSSR count). The third kappa shape index (κ3) is 4.03. The number of halogens is 2. The van der Waals surface area contributed by atoms with E-state index in [2.05, 4.69) is 10.2 Å². The molecule has 0 saturated carbocycles. The summed E-state index contributed by atoms with van der Waals surface area (Å²) in [6.45, 7) is 1.20. The lowest BCUT2D eigenvalue weighted by Gasteiger charge is -2.32. The van der Waals surface area contributed by atoms with Gasteiger partial charge in [0.15, 0.2) is 0 Å². The third-order valence-electron chi connectivity index (χ3n) is 4.83. The summed E-state index contributed by atoms with van der Waals surface area (Å²) in [5.74, 6) is -0.0415. The Morgan fingerprint density at radius 1 is 1.11 bits per heavy atom. The molecule has 28 heavy (non-hydrogen) atoms. The van der Waals surface area contributed by atoms with E-state index in [9.17, 15) is 13.6 Å². The molecular weight excluding hydrogens is 364 g/mol. The summed E-state index contributed by atoms with van der Waals surface area (Å²) >= 11 is 0. The van der Waals surface area contributed by atoms with Gasteiger partial charge in [0.25, 0.3) is 5.91 Å². The number of aromatic amines is 1. The lowest BCUT2D eigenvalue weighted by molar-refractivity contribution is 0.0706. The molecule has 5 nitrogen and oxygen atoms in total. The number of amides is 1. The second-order valence-corrected chi connectivity index (χ2v) is 6.82. The maximum absolute atomic E-state index is 13.3. The summed E-state index contributed by atoms with van der Waals surface area (Å²) in [5.41, 5.74) is 1.34. The lowest BCUT2D eigenvalue weighted by Crippen LogP contribution is -2.39. The predicted molar refractivity (Wildman–Crippen MR) is 99.3 cm³/mol. The van der Waals surface area contributed by atoms with Crippen molar-refractivity contribution >= 4 is 5.91 Å². The highest BCUT2D eigenvalue weighted by Gasteiger charge is 2.27. The Bertz CT molecular complexity index is 972. The van der Waals surface area contributed by atoms with Gasteiger partial charge in [-0.2, -0.15) is 0 Å². The van der Waals surface area contributed by atoms with E-state index in [1.807, 2.05) is 0 Å². The molecule has 144 valence electrons. The van der Waals surface area contributed by atoms with Crippen molar-refractivity contribution < 1.29 is 18.3 Å². The second kappa shape index (κ2) is 7.80. The highest BCUT2D eigenvalue weighted by Crippen LogP contribution is 2.29. The van der Waals surface area contributed by atoms with Crippen molar-refractivity contribution in [3.8, 4) is 11.6 Å². The van der Waals surface area contributed by atoms with Crippen LogP contribution in [0.25, 0.3) is 0 Å². The molecular formula is C21H19F2N3O2. The number of rotatable bonds is 4. The van der Waals surface area contributed by atoms with Crippen molar-refractivity contribution in [3.05, 3.63) is 77.5 Å². The molecule has 1 aliphatic heterocycles. The molecule has 2 aromatic carbocycles. The van der Waals surface area contributed by atoms with Gasteiger partial charge < -0.3 is 9.64 Å². The van der Waals surface area contributed by atoms with Crippen molar-refractivity contribution in [1.29, 1.82) is 0 Å². The van der Waals surface area contributed by atoms with Gasteiger partial charge in [0, 0.05) is 42.4 Å². The van der Waals surface area contributed by atoms with Crippen LogP contribution in [0.4, 0.5) is 8.78 Å². The molecule has 1 atom stereocenters. The molecule has 1 amide bonds. The van der Waals surface area contributed by atoms with Crippen LogP contribution in [0.15, 0.2) is 54.6 Å². The summed E-state index contributed by atoms with van der Waals surface area (Å²) in [4.78, 5) is 14.5. The highest BCUT2D eigenvalue weighted by molar-refractivity contribution is 5.94. The van der Waals surface area contributed by atoms with Gasteiger partial charge in [-0.05, 0) is 49.2 Å². The minimum atomic E-state index is -0.379. The fourth-order valence-corrected chi connectivity index (χ4v) is 3.42. The van der Waals surface area contributed by atoms with E-state index in [-0.39, 0.29) is 23.5 Å². The summed E-state index contributed by atoms with van der Waals surface area (Å²) in [6.07, 6.45) is 1.77. The SMILES string of the molecule is O=C(c1ccc(F)cc1)N1CCCC(c2cc(Oc3cccc(F)c3)n[nH]2)C1. The molecule has 1 aromatic heterocycles. The largest absolute Gasteiger partial charge is 0.437 e. The van der Waals surface area contributed by atoms with Crippen LogP contribution in [0.3, 0.4) is 0 Å². The minimum absolute atomic E-state index is 0.0931. The molecule has 1 unspecified atom stereocenters. The average Bonchev–Trinajstić information content (AvgIpc) is 3.17. The van der Waals surface area contributed by atoms with Gasteiger partial charge in [0.2, 0.25) is 5.88 Å². The number of H-pyrrole nitrogens is 1. The van der Waals surface area contributed by atoms with E-state index >= 15 is 0 Å². The quantitative estimate of drug-likeness (QED) is 0.722. The van der Waals surface area contributed by atoms with Gasteiger partial charge >= 0.3 is 0 Å². The van der Waals surface area contributed by atoms with Crippen LogP contribution < -0.4 is 4.74 Å². The van der Waals surface area contributed by atoms with Gasteiger partial charge in [-0.25, -0.2) is 8.78 Å². The minimum Gasteiger partial charge on any atom is -0.437 e. The summed E-state index contributed by atoms with van der Waals surface area (Å²) in [6, 6.07) is 13.2. The smallest absolute Gasteiger partial charge is 0.253 e. The standard InChI is InChI=1S/C21H19F2N3O2/c22-16-8-6-14(7-9-16)21(27)26-10-2-3-15(13-26)19-12-20(25-24-19)28-18-5-1-4-17(23)11-18/h1,4-9,11-12,15H,2-3,10,13H2,(H,24,25). The van der Waals surface area contributed by atoms with Crippen LogP contribution in [-0.2, 0) is 0 Å². The number of hydrogen-bond acceptors (Lipinski definition) is 3. The maximum Gasteiger partial charge on any atom is 0.253 e. The second-order valence-electron chi connectivity index (χ2n) is 6.82. The number of aromatic nitrogens is 2. The summed E-state index contributed by atoms with van der Waals surface area (Å²) in [5, 5.41) is 7.10. The number of carbonyl (C=O) groups is 1. The molecule has 3 aromatic rings. The first-order chi connectivity index (χ1) is 13.6. The number of ether oxygens (including phenoxy) is 1. The summed E-state index contributed by atoms with van der Waals surface area (Å²) in [7, 11) is 0. The molecule has 0 radical (unpaired) electrons. The zero-order chi connectivity index (χ0) is 19.5. The molecule has 7 heteroatoms. The molecule has 0 aliphatic carbocycles. The van der Waals surface area contributed by atoms with Crippen molar-refractivity contribution in [3.63, 3.8) is 0 Å². The van der Waals surface area contributed by atoms with Crippen molar-refractivity contribution in [1.82, 2.24) is 15.1 Å². The van der Waals surface area contributed by atoms with E-state index in [1.165, 1.54) is 36.4 Å². The Kier molecular flexibility index (Phi) is 5.06. The van der Waals surface area contributed by atoms with E-state index in [0.717, 1.165) is 18.5 Å². The van der Waals surface area contributed by atoms with Crippen LogP contribution in [-0.4, -0.2) is 34.1 Å². The molecule has 1 N–H and O–H groups in total. The Morgan fingerprint density at radius 3 is 2.71 bits per heavy atom. The Labute approximate surface area is 160 Å². The molecule has 1 fully saturated rings. The Morgan fingerprint density at radius 2 is 1.93 bits per heavy atom. The fraction of sp³-hybridized carbons (Fsp3) is 0.238. The van der Waals surface area contributed by atoms with Crippen molar-refractivity contribution in [2.24, 2.45) is 0 Å². The summed E-state index contributed by atoms with van der Waals surface area (Å²) < 4.78 is 32.0. The highest BCUT2D eigenvalue weighted by atomic mass is 19.1. The average molecular weight is 383 g/mol. The number of benzene rings is 2. The number of likely N-dealkylation sites (tertiary alicyclic amines) is 1. The van der Waals surface area contributed by atoms with Crippen molar-refractivity contribution in [2.45, 2.75) is 18.8 Å². The molecule has 1 aliphatic rings. The van der Waals surface area contributed by atoms with E-state index in [1.54, 1.807) is 23.1 Å². The maximum atomic E-state index is 13.3. The first-order valence-corrected chi connectivity index (χ1v) is 9.12. The van der Waals surface area contributed by atoms with Gasteiger partial charge in [-0.3, -0.25) is 9.89 Å². The van der Waals surface area contributed by atoms with Crippen LogP contribution in [0.2, 0.25) is 0 Å². The van der Waals surface area contributed by atoms with Crippen LogP contribution >= 0.6 is 0 Å². The molecule has 0 spiro atoms. The number of piperidine rings is 1. The number of nitrogens with one attached hydrogen (secondary N) is 1. The van der Waals surface area contributed by atoms with Gasteiger partial charge in [-0.1, -0.05) is 6.07 Å². The molecule has 1 saturated heterocycles. The Hall–Kier alpha value is -3.22. The number of nitrogens with zero attached hydrogens (tertiary/aromatic N) is 2. The molecule has 2 heterocycles. The van der Waals surface area contributed by atoms with Crippen LogP contribution in [0.5, 0.6) is 11.6 Å². The number of carbonyl (C=O) groups excluding carboxylic acids is 1.